The lowest BCUT2D eigenvalue weighted by Crippen LogP contribution is -2.35. The number of hydrogen-bond donors (Lipinski definition) is 1. The van der Waals surface area contributed by atoms with Crippen LogP contribution in [-0.2, 0) is 9.59 Å². The fourth-order valence-electron chi connectivity index (χ4n) is 3.74. The van der Waals surface area contributed by atoms with Gasteiger partial charge in [0.1, 0.15) is 11.5 Å². The van der Waals surface area contributed by atoms with Crippen molar-refractivity contribution in [2.45, 2.75) is 38.6 Å². The van der Waals surface area contributed by atoms with E-state index in [1.54, 1.807) is 14.2 Å². The van der Waals surface area contributed by atoms with Crippen LogP contribution >= 0.6 is 0 Å². The number of hydrogen-bond acceptors (Lipinski definition) is 4. The Morgan fingerprint density at radius 2 is 2.04 bits per heavy atom. The molecule has 1 aromatic carbocycles. The zero-order valence-corrected chi connectivity index (χ0v) is 15.8. The van der Waals surface area contributed by atoms with Crippen LogP contribution in [0.25, 0.3) is 0 Å². The molecule has 2 aliphatic rings. The van der Waals surface area contributed by atoms with Gasteiger partial charge >= 0.3 is 0 Å². The van der Waals surface area contributed by atoms with E-state index < -0.39 is 0 Å². The fraction of sp³-hybridized carbons (Fsp3) is 0.600. The Balaban J connectivity index is 1.62. The number of carbonyl (C=O) groups excluding carboxylic acids is 2. The molecular formula is C20H28N2O4. The number of nitrogens with zero attached hydrogens (tertiary/aromatic N) is 1. The van der Waals surface area contributed by atoms with Crippen molar-refractivity contribution in [1.82, 2.24) is 10.2 Å². The van der Waals surface area contributed by atoms with Gasteiger partial charge in [-0.15, -0.1) is 0 Å². The zero-order valence-electron chi connectivity index (χ0n) is 15.8. The van der Waals surface area contributed by atoms with Crippen molar-refractivity contribution >= 4 is 11.8 Å². The Morgan fingerprint density at radius 3 is 2.69 bits per heavy atom. The molecule has 1 saturated carbocycles. The maximum Gasteiger partial charge on any atom is 0.224 e. The lowest BCUT2D eigenvalue weighted by molar-refractivity contribution is -0.132. The van der Waals surface area contributed by atoms with Gasteiger partial charge in [0.2, 0.25) is 11.8 Å². The first-order valence-electron chi connectivity index (χ1n) is 9.34. The highest BCUT2D eigenvalue weighted by molar-refractivity contribution is 5.82. The highest BCUT2D eigenvalue weighted by Crippen LogP contribution is 2.39. The molecular weight excluding hydrogens is 332 g/mol. The highest BCUT2D eigenvalue weighted by atomic mass is 16.5. The summed E-state index contributed by atoms with van der Waals surface area (Å²) in [6, 6.07) is 5.68. The van der Waals surface area contributed by atoms with Gasteiger partial charge in [0.15, 0.2) is 0 Å². The number of amides is 2. The van der Waals surface area contributed by atoms with Crippen molar-refractivity contribution in [1.29, 1.82) is 0 Å². The lowest BCUT2D eigenvalue weighted by atomic mass is 10.0. The van der Waals surface area contributed by atoms with Crippen LogP contribution in [0.1, 0.15) is 44.2 Å². The fourth-order valence-corrected chi connectivity index (χ4v) is 3.74. The molecule has 6 nitrogen and oxygen atoms in total. The molecule has 26 heavy (non-hydrogen) atoms. The van der Waals surface area contributed by atoms with Gasteiger partial charge in [-0.2, -0.15) is 0 Å². The van der Waals surface area contributed by atoms with Crippen LogP contribution in [0.15, 0.2) is 18.2 Å². The largest absolute Gasteiger partial charge is 0.497 e. The van der Waals surface area contributed by atoms with Crippen LogP contribution in [0, 0.1) is 11.8 Å². The van der Waals surface area contributed by atoms with E-state index in [0.29, 0.717) is 18.9 Å². The van der Waals surface area contributed by atoms with Gasteiger partial charge in [0.05, 0.1) is 20.3 Å². The molecule has 2 fully saturated rings. The molecule has 142 valence electrons. The molecule has 1 aliphatic heterocycles. The van der Waals surface area contributed by atoms with Crippen LogP contribution in [0.2, 0.25) is 0 Å². The minimum absolute atomic E-state index is 0.00768. The second-order valence-corrected chi connectivity index (χ2v) is 7.21. The molecule has 1 saturated heterocycles. The van der Waals surface area contributed by atoms with Gasteiger partial charge in [-0.3, -0.25) is 9.59 Å². The number of rotatable bonds is 7. The maximum absolute atomic E-state index is 12.7. The molecule has 3 rings (SSSR count). The summed E-state index contributed by atoms with van der Waals surface area (Å²) in [5, 5.41) is 2.89. The van der Waals surface area contributed by atoms with Gasteiger partial charge in [-0.05, 0) is 43.4 Å². The van der Waals surface area contributed by atoms with Crippen LogP contribution in [0.3, 0.4) is 0 Å². The van der Waals surface area contributed by atoms with E-state index in [4.69, 9.17) is 9.47 Å². The summed E-state index contributed by atoms with van der Waals surface area (Å²) in [6.07, 6.45) is 3.16. The van der Waals surface area contributed by atoms with Crippen molar-refractivity contribution in [2.24, 2.45) is 11.8 Å². The van der Waals surface area contributed by atoms with Gasteiger partial charge in [0, 0.05) is 31.0 Å². The molecule has 0 aromatic heterocycles. The second kappa shape index (κ2) is 7.98. The average Bonchev–Trinajstić information content (AvgIpc) is 3.19. The van der Waals surface area contributed by atoms with E-state index in [-0.39, 0.29) is 23.8 Å². The van der Waals surface area contributed by atoms with Crippen molar-refractivity contribution in [3.8, 4) is 11.5 Å². The maximum atomic E-state index is 12.7. The number of nitrogens with one attached hydrogen (secondary N) is 1. The summed E-state index contributed by atoms with van der Waals surface area (Å²) in [6.45, 7) is 3.21. The first kappa shape index (κ1) is 18.5. The van der Waals surface area contributed by atoms with E-state index in [1.165, 1.54) is 0 Å². The quantitative estimate of drug-likeness (QED) is 0.811. The minimum atomic E-state index is -0.00768. The summed E-state index contributed by atoms with van der Waals surface area (Å²) in [5.74, 6) is 2.30. The molecule has 3 unspecified atom stereocenters. The lowest BCUT2D eigenvalue weighted by Gasteiger charge is -2.27. The molecule has 6 heteroatoms. The second-order valence-electron chi connectivity index (χ2n) is 7.21. The third kappa shape index (κ3) is 3.94. The predicted octanol–water partition coefficient (Wildman–Crippen LogP) is 2.53. The minimum Gasteiger partial charge on any atom is -0.497 e. The van der Waals surface area contributed by atoms with Crippen LogP contribution in [0.4, 0.5) is 0 Å². The highest BCUT2D eigenvalue weighted by Gasteiger charge is 2.39. The van der Waals surface area contributed by atoms with E-state index >= 15 is 0 Å². The number of likely N-dealkylation sites (tertiary alicyclic amines) is 1. The van der Waals surface area contributed by atoms with Crippen LogP contribution in [0.5, 0.6) is 11.5 Å². The number of ether oxygens (including phenoxy) is 2. The molecule has 1 aliphatic carbocycles. The summed E-state index contributed by atoms with van der Waals surface area (Å²) in [4.78, 5) is 26.5. The van der Waals surface area contributed by atoms with Gasteiger partial charge in [0.25, 0.3) is 0 Å². The Morgan fingerprint density at radius 1 is 1.27 bits per heavy atom. The van der Waals surface area contributed by atoms with E-state index in [1.807, 2.05) is 23.1 Å². The molecule has 0 radical (unpaired) electrons. The van der Waals surface area contributed by atoms with Crippen molar-refractivity contribution < 1.29 is 19.1 Å². The monoisotopic (exact) mass is 360 g/mol. The SMILES string of the molecule is COc1ccc(OC)c(C2CCCN2C(=O)CCNC(=O)C2CC2C)c1. The van der Waals surface area contributed by atoms with Crippen molar-refractivity contribution in [3.63, 3.8) is 0 Å². The van der Waals surface area contributed by atoms with E-state index in [0.717, 1.165) is 42.9 Å². The molecule has 1 heterocycles. The van der Waals surface area contributed by atoms with E-state index in [2.05, 4.69) is 12.2 Å². The van der Waals surface area contributed by atoms with Crippen LogP contribution in [-0.4, -0.2) is 44.0 Å². The third-order valence-corrected chi connectivity index (χ3v) is 5.45. The molecule has 1 aromatic rings. The summed E-state index contributed by atoms with van der Waals surface area (Å²) < 4.78 is 10.8. The Labute approximate surface area is 154 Å². The summed E-state index contributed by atoms with van der Waals surface area (Å²) in [5.41, 5.74) is 0.980. The first-order chi connectivity index (χ1) is 12.5. The van der Waals surface area contributed by atoms with Gasteiger partial charge in [-0.25, -0.2) is 0 Å². The Hall–Kier alpha value is -2.24. The normalized spacial score (nSPS) is 24.3. The standard InChI is InChI=1S/C20H28N2O4/c1-13-11-15(13)20(24)21-9-8-19(23)22-10-4-5-17(22)16-12-14(25-2)6-7-18(16)26-3/h6-7,12-13,15,17H,4-5,8-11H2,1-3H3,(H,21,24). The summed E-state index contributed by atoms with van der Waals surface area (Å²) >= 11 is 0. The molecule has 0 bridgehead atoms. The summed E-state index contributed by atoms with van der Waals surface area (Å²) in [7, 11) is 3.27. The molecule has 2 amide bonds. The Bertz CT molecular complexity index is 676. The third-order valence-electron chi connectivity index (χ3n) is 5.45. The molecule has 3 atom stereocenters. The van der Waals surface area contributed by atoms with Crippen molar-refractivity contribution in [2.75, 3.05) is 27.3 Å². The predicted molar refractivity (Wildman–Crippen MR) is 98.1 cm³/mol. The zero-order chi connectivity index (χ0) is 18.7. The van der Waals surface area contributed by atoms with Crippen molar-refractivity contribution in [3.05, 3.63) is 23.8 Å². The number of benzene rings is 1. The Kier molecular flexibility index (Phi) is 5.69. The van der Waals surface area contributed by atoms with Gasteiger partial charge in [-0.1, -0.05) is 6.92 Å². The average molecular weight is 360 g/mol. The van der Waals surface area contributed by atoms with Crippen LogP contribution < -0.4 is 14.8 Å². The molecule has 0 spiro atoms. The van der Waals surface area contributed by atoms with E-state index in [9.17, 15) is 9.59 Å². The molecule has 1 N–H and O–H groups in total. The number of methoxy groups -OCH3 is 2. The topological polar surface area (TPSA) is 67.9 Å². The number of carbonyl (C=O) groups is 2. The first-order valence-corrected chi connectivity index (χ1v) is 9.34. The smallest absolute Gasteiger partial charge is 0.224 e. The van der Waals surface area contributed by atoms with Gasteiger partial charge < -0.3 is 19.7 Å².